The molecule has 7 heteroatoms. The maximum atomic E-state index is 12.4. The fourth-order valence-electron chi connectivity index (χ4n) is 1.78. The van der Waals surface area contributed by atoms with Crippen LogP contribution in [-0.2, 0) is 16.6 Å². The van der Waals surface area contributed by atoms with E-state index in [1.54, 1.807) is 26.2 Å². The van der Waals surface area contributed by atoms with E-state index in [1.807, 2.05) is 0 Å². The predicted octanol–water partition coefficient (Wildman–Crippen LogP) is 1.69. The summed E-state index contributed by atoms with van der Waals surface area (Å²) in [6, 6.07) is 3.28. The van der Waals surface area contributed by atoms with Crippen LogP contribution >= 0.6 is 0 Å². The molecular formula is C13H17N3O3S. The molecule has 2 aromatic heterocycles. The highest BCUT2D eigenvalue weighted by Crippen LogP contribution is 2.20. The van der Waals surface area contributed by atoms with Crippen LogP contribution in [0.5, 0.6) is 0 Å². The molecule has 2 aromatic rings. The minimum Gasteiger partial charge on any atom is -0.469 e. The van der Waals surface area contributed by atoms with E-state index in [0.29, 0.717) is 17.1 Å². The molecule has 0 saturated heterocycles. The Balaban J connectivity index is 2.29. The highest BCUT2D eigenvalue weighted by molar-refractivity contribution is 7.89. The second-order valence-corrected chi connectivity index (χ2v) is 6.68. The smallest absolute Gasteiger partial charge is 0.244 e. The number of sulfonamides is 1. The van der Waals surface area contributed by atoms with Crippen LogP contribution in [0.1, 0.15) is 16.9 Å². The van der Waals surface area contributed by atoms with Crippen molar-refractivity contribution in [1.29, 1.82) is 0 Å². The molecule has 0 saturated carbocycles. The van der Waals surface area contributed by atoms with E-state index in [9.17, 15) is 8.42 Å². The Morgan fingerprint density at radius 1 is 1.40 bits per heavy atom. The number of hydrogen-bond acceptors (Lipinski definition) is 5. The summed E-state index contributed by atoms with van der Waals surface area (Å²) in [7, 11) is -2.08. The monoisotopic (exact) mass is 295 g/mol. The number of nitrogen functional groups attached to an aromatic ring is 1. The van der Waals surface area contributed by atoms with E-state index in [-0.39, 0.29) is 11.4 Å². The third-order valence-electron chi connectivity index (χ3n) is 3.16. The van der Waals surface area contributed by atoms with Crippen LogP contribution in [-0.4, -0.2) is 24.8 Å². The maximum Gasteiger partial charge on any atom is 0.244 e. The number of aryl methyl sites for hydroxylation is 2. The topological polar surface area (TPSA) is 89.4 Å². The fraction of sp³-hybridized carbons (Fsp3) is 0.308. The molecule has 2 N–H and O–H groups in total. The molecule has 2 rings (SSSR count). The molecule has 0 aromatic carbocycles. The lowest BCUT2D eigenvalue weighted by molar-refractivity contribution is 0.458. The quantitative estimate of drug-likeness (QED) is 0.927. The van der Waals surface area contributed by atoms with Crippen molar-refractivity contribution in [1.82, 2.24) is 9.29 Å². The van der Waals surface area contributed by atoms with Gasteiger partial charge in [-0.25, -0.2) is 13.4 Å². The molecule has 0 unspecified atom stereocenters. The number of nitrogens with zero attached hydrogens (tertiary/aromatic N) is 2. The first kappa shape index (κ1) is 14.5. The highest BCUT2D eigenvalue weighted by Gasteiger charge is 2.22. The van der Waals surface area contributed by atoms with Crippen LogP contribution in [0.15, 0.2) is 33.9 Å². The summed E-state index contributed by atoms with van der Waals surface area (Å²) in [4.78, 5) is 4.03. The van der Waals surface area contributed by atoms with E-state index in [2.05, 4.69) is 4.98 Å². The van der Waals surface area contributed by atoms with E-state index in [1.165, 1.54) is 23.6 Å². The first-order chi connectivity index (χ1) is 9.32. The molecule has 0 aliphatic heterocycles. The number of furan rings is 1. The summed E-state index contributed by atoms with van der Waals surface area (Å²) in [5, 5.41) is 0. The normalized spacial score (nSPS) is 12.0. The molecule has 6 nitrogen and oxygen atoms in total. The van der Waals surface area contributed by atoms with Gasteiger partial charge in [0, 0.05) is 25.4 Å². The van der Waals surface area contributed by atoms with Crippen molar-refractivity contribution < 1.29 is 12.8 Å². The Labute approximate surface area is 118 Å². The van der Waals surface area contributed by atoms with Gasteiger partial charge in [0.1, 0.15) is 16.5 Å². The first-order valence-corrected chi connectivity index (χ1v) is 7.48. The number of pyridine rings is 1. The summed E-state index contributed by atoms with van der Waals surface area (Å²) >= 11 is 0. The third-order valence-corrected chi connectivity index (χ3v) is 4.93. The summed E-state index contributed by atoms with van der Waals surface area (Å²) in [6.07, 6.45) is 2.82. The molecule has 0 fully saturated rings. The van der Waals surface area contributed by atoms with Crippen LogP contribution in [0, 0.1) is 13.8 Å². The van der Waals surface area contributed by atoms with Gasteiger partial charge in [-0.1, -0.05) is 0 Å². The zero-order chi connectivity index (χ0) is 14.9. The molecule has 0 bridgehead atoms. The zero-order valence-electron chi connectivity index (χ0n) is 11.6. The van der Waals surface area contributed by atoms with E-state index < -0.39 is 10.0 Å². The Hall–Kier alpha value is -1.86. The third kappa shape index (κ3) is 2.68. The van der Waals surface area contributed by atoms with Gasteiger partial charge in [-0.2, -0.15) is 4.31 Å². The van der Waals surface area contributed by atoms with Gasteiger partial charge >= 0.3 is 0 Å². The minimum absolute atomic E-state index is 0.132. The molecule has 0 amide bonds. The first-order valence-electron chi connectivity index (χ1n) is 6.04. The largest absolute Gasteiger partial charge is 0.469 e. The van der Waals surface area contributed by atoms with Crippen LogP contribution in [0.2, 0.25) is 0 Å². The Morgan fingerprint density at radius 2 is 2.10 bits per heavy atom. The Morgan fingerprint density at radius 3 is 2.65 bits per heavy atom. The molecule has 20 heavy (non-hydrogen) atoms. The number of hydrogen-bond donors (Lipinski definition) is 1. The highest BCUT2D eigenvalue weighted by atomic mass is 32.2. The SMILES string of the molecule is Cc1cc(S(=O)(=O)N(C)Cc2ccoc2C)cnc1N. The van der Waals surface area contributed by atoms with Gasteiger partial charge in [-0.3, -0.25) is 0 Å². The van der Waals surface area contributed by atoms with Gasteiger partial charge in [-0.15, -0.1) is 0 Å². The fourth-order valence-corrected chi connectivity index (χ4v) is 2.96. The minimum atomic E-state index is -3.60. The number of anilines is 1. The number of rotatable bonds is 4. The van der Waals surface area contributed by atoms with Crippen molar-refractivity contribution in [3.63, 3.8) is 0 Å². The van der Waals surface area contributed by atoms with Gasteiger partial charge in [-0.05, 0) is 31.5 Å². The van der Waals surface area contributed by atoms with Crippen molar-refractivity contribution in [2.24, 2.45) is 0 Å². The lowest BCUT2D eigenvalue weighted by atomic mass is 10.3. The van der Waals surface area contributed by atoms with Crippen molar-refractivity contribution >= 4 is 15.8 Å². The van der Waals surface area contributed by atoms with Gasteiger partial charge in [0.05, 0.1) is 6.26 Å². The van der Waals surface area contributed by atoms with Crippen LogP contribution in [0.25, 0.3) is 0 Å². The standard InChI is InChI=1S/C13H17N3O3S/c1-9-6-12(7-15-13(9)14)20(17,18)16(3)8-11-4-5-19-10(11)2/h4-7H,8H2,1-3H3,(H2,14,15). The van der Waals surface area contributed by atoms with Crippen molar-refractivity contribution in [2.45, 2.75) is 25.3 Å². The summed E-state index contributed by atoms with van der Waals surface area (Å²) < 4.78 is 31.3. The molecular weight excluding hydrogens is 278 g/mol. The average Bonchev–Trinajstić information content (AvgIpc) is 2.78. The van der Waals surface area contributed by atoms with Gasteiger partial charge in [0.25, 0.3) is 0 Å². The molecule has 0 aliphatic rings. The van der Waals surface area contributed by atoms with Crippen LogP contribution in [0.3, 0.4) is 0 Å². The zero-order valence-corrected chi connectivity index (χ0v) is 12.4. The van der Waals surface area contributed by atoms with Crippen molar-refractivity contribution in [3.8, 4) is 0 Å². The summed E-state index contributed by atoms with van der Waals surface area (Å²) in [5.41, 5.74) is 7.07. The second-order valence-electron chi connectivity index (χ2n) is 4.64. The molecule has 2 heterocycles. The lowest BCUT2D eigenvalue weighted by Gasteiger charge is -2.17. The Kier molecular flexibility index (Phi) is 3.82. The number of nitrogens with two attached hydrogens (primary N) is 1. The van der Waals surface area contributed by atoms with Crippen molar-refractivity contribution in [2.75, 3.05) is 12.8 Å². The van der Waals surface area contributed by atoms with Crippen molar-refractivity contribution in [3.05, 3.63) is 41.5 Å². The van der Waals surface area contributed by atoms with E-state index in [0.717, 1.165) is 5.56 Å². The van der Waals surface area contributed by atoms with Crippen LogP contribution < -0.4 is 5.73 Å². The number of aromatic nitrogens is 1. The second kappa shape index (κ2) is 5.26. The molecule has 0 atom stereocenters. The van der Waals surface area contributed by atoms with Gasteiger partial charge in [0.2, 0.25) is 10.0 Å². The summed E-state index contributed by atoms with van der Waals surface area (Å²) in [5.74, 6) is 1.04. The van der Waals surface area contributed by atoms with Gasteiger partial charge in [0.15, 0.2) is 0 Å². The average molecular weight is 295 g/mol. The van der Waals surface area contributed by atoms with Crippen LogP contribution in [0.4, 0.5) is 5.82 Å². The maximum absolute atomic E-state index is 12.4. The van der Waals surface area contributed by atoms with E-state index in [4.69, 9.17) is 10.2 Å². The lowest BCUT2D eigenvalue weighted by Crippen LogP contribution is -2.26. The Bertz CT molecular complexity index is 722. The van der Waals surface area contributed by atoms with E-state index >= 15 is 0 Å². The summed E-state index contributed by atoms with van der Waals surface area (Å²) in [6.45, 7) is 3.76. The molecule has 108 valence electrons. The molecule has 0 aliphatic carbocycles. The van der Waals surface area contributed by atoms with Gasteiger partial charge < -0.3 is 10.2 Å². The molecule has 0 radical (unpaired) electrons. The predicted molar refractivity (Wildman–Crippen MR) is 75.5 cm³/mol. The molecule has 0 spiro atoms.